The minimum Gasteiger partial charge on any atom is -0.372 e. The Kier molecular flexibility index (Phi) is 5.72. The third-order valence-electron chi connectivity index (χ3n) is 2.26. The van der Waals surface area contributed by atoms with Crippen molar-refractivity contribution in [1.29, 1.82) is 0 Å². The molecule has 1 unspecified atom stereocenters. The van der Waals surface area contributed by atoms with Crippen molar-refractivity contribution in [2.75, 3.05) is 11.0 Å². The van der Waals surface area contributed by atoms with Crippen molar-refractivity contribution in [2.45, 2.75) is 25.6 Å². The van der Waals surface area contributed by atoms with E-state index in [0.717, 1.165) is 11.1 Å². The highest BCUT2D eigenvalue weighted by Gasteiger charge is 2.27. The van der Waals surface area contributed by atoms with Crippen LogP contribution in [0, 0.1) is 6.92 Å². The molecular formula is C12H14F3IO. The van der Waals surface area contributed by atoms with Crippen LogP contribution in [-0.2, 0) is 4.74 Å². The molecule has 0 spiro atoms. The van der Waals surface area contributed by atoms with Gasteiger partial charge in [-0.3, -0.25) is 0 Å². The topological polar surface area (TPSA) is 9.23 Å². The summed E-state index contributed by atoms with van der Waals surface area (Å²) in [7, 11) is 0. The second-order valence-electron chi connectivity index (χ2n) is 3.79. The van der Waals surface area contributed by atoms with Gasteiger partial charge in [0.1, 0.15) is 0 Å². The maximum absolute atomic E-state index is 12.0. The molecule has 0 radical (unpaired) electrons. The number of aryl methyl sites for hydroxylation is 1. The van der Waals surface area contributed by atoms with Gasteiger partial charge in [-0.2, -0.15) is 13.2 Å². The molecule has 0 heterocycles. The summed E-state index contributed by atoms with van der Waals surface area (Å²) in [5.74, 6) is 0. The van der Waals surface area contributed by atoms with Crippen molar-refractivity contribution in [3.8, 4) is 0 Å². The van der Waals surface area contributed by atoms with Gasteiger partial charge in [-0.15, -0.1) is 0 Å². The van der Waals surface area contributed by atoms with E-state index < -0.39 is 12.6 Å². The predicted molar refractivity (Wildman–Crippen MR) is 69.4 cm³/mol. The number of ether oxygens (including phenoxy) is 1. The van der Waals surface area contributed by atoms with Gasteiger partial charge in [0.2, 0.25) is 0 Å². The van der Waals surface area contributed by atoms with Gasteiger partial charge >= 0.3 is 6.18 Å². The number of hydrogen-bond donors (Lipinski definition) is 0. The first-order chi connectivity index (χ1) is 7.92. The van der Waals surface area contributed by atoms with Crippen LogP contribution >= 0.6 is 22.6 Å². The highest BCUT2D eigenvalue weighted by atomic mass is 127. The van der Waals surface area contributed by atoms with E-state index in [1.54, 1.807) is 0 Å². The summed E-state index contributed by atoms with van der Waals surface area (Å²) in [4.78, 5) is 0. The molecule has 5 heteroatoms. The van der Waals surface area contributed by atoms with Crippen molar-refractivity contribution in [1.82, 2.24) is 0 Å². The van der Waals surface area contributed by atoms with Gasteiger partial charge in [0.25, 0.3) is 0 Å². The van der Waals surface area contributed by atoms with Crippen molar-refractivity contribution in [2.24, 2.45) is 0 Å². The summed E-state index contributed by atoms with van der Waals surface area (Å²) in [5.41, 5.74) is 2.01. The van der Waals surface area contributed by atoms with Crippen LogP contribution in [0.4, 0.5) is 13.2 Å². The fourth-order valence-electron chi connectivity index (χ4n) is 1.42. The molecule has 0 aliphatic rings. The van der Waals surface area contributed by atoms with E-state index in [1.807, 2.05) is 31.2 Å². The molecule has 0 saturated carbocycles. The first-order valence-electron chi connectivity index (χ1n) is 5.23. The predicted octanol–water partition coefficient (Wildman–Crippen LogP) is 4.44. The largest absolute Gasteiger partial charge is 0.391 e. The van der Waals surface area contributed by atoms with Crippen LogP contribution in [0.15, 0.2) is 24.3 Å². The average molecular weight is 358 g/mol. The van der Waals surface area contributed by atoms with E-state index in [-0.39, 0.29) is 12.7 Å². The van der Waals surface area contributed by atoms with Crippen molar-refractivity contribution < 1.29 is 17.9 Å². The summed E-state index contributed by atoms with van der Waals surface area (Å²) in [5, 5.41) is 0. The normalized spacial score (nSPS) is 13.7. The van der Waals surface area contributed by atoms with E-state index in [9.17, 15) is 13.2 Å². The first-order valence-corrected chi connectivity index (χ1v) is 6.76. The monoisotopic (exact) mass is 358 g/mol. The molecule has 1 aromatic carbocycles. The van der Waals surface area contributed by atoms with E-state index in [4.69, 9.17) is 4.74 Å². The molecule has 1 atom stereocenters. The number of hydrogen-bond acceptors (Lipinski definition) is 1. The molecule has 96 valence electrons. The van der Waals surface area contributed by atoms with Crippen LogP contribution in [0.3, 0.4) is 0 Å². The molecule has 1 nitrogen and oxygen atoms in total. The standard InChI is InChI=1S/C12H14F3IO/c1-9-3-2-4-10(7-9)11(8-16)17-6-5-12(13,14)15/h2-4,7,11H,5-6,8H2,1H3. The molecular weight excluding hydrogens is 344 g/mol. The Balaban J connectivity index is 2.54. The highest BCUT2D eigenvalue weighted by molar-refractivity contribution is 14.1. The van der Waals surface area contributed by atoms with Gasteiger partial charge < -0.3 is 4.74 Å². The second kappa shape index (κ2) is 6.58. The first kappa shape index (κ1) is 14.8. The third kappa shape index (κ3) is 5.72. The SMILES string of the molecule is Cc1cccc(C(CI)OCCC(F)(F)F)c1. The summed E-state index contributed by atoms with van der Waals surface area (Å²) in [6, 6.07) is 7.65. The van der Waals surface area contributed by atoms with E-state index in [2.05, 4.69) is 22.6 Å². The molecule has 0 aromatic heterocycles. The number of rotatable bonds is 5. The fraction of sp³-hybridized carbons (Fsp3) is 0.500. The molecule has 17 heavy (non-hydrogen) atoms. The molecule has 1 rings (SSSR count). The van der Waals surface area contributed by atoms with Crippen LogP contribution in [0.25, 0.3) is 0 Å². The van der Waals surface area contributed by atoms with Gasteiger partial charge in [0.05, 0.1) is 19.1 Å². The minimum absolute atomic E-state index is 0.266. The molecule has 1 aromatic rings. The zero-order chi connectivity index (χ0) is 12.9. The van der Waals surface area contributed by atoms with E-state index in [1.165, 1.54) is 0 Å². The van der Waals surface area contributed by atoms with Crippen LogP contribution in [0.2, 0.25) is 0 Å². The Morgan fingerprint density at radius 2 is 2.06 bits per heavy atom. The van der Waals surface area contributed by atoms with E-state index >= 15 is 0 Å². The lowest BCUT2D eigenvalue weighted by molar-refractivity contribution is -0.148. The quantitative estimate of drug-likeness (QED) is 0.559. The molecule has 0 N–H and O–H groups in total. The van der Waals surface area contributed by atoms with Gasteiger partial charge in [-0.05, 0) is 12.5 Å². The molecule has 0 amide bonds. The Hall–Kier alpha value is -0.300. The van der Waals surface area contributed by atoms with E-state index in [0.29, 0.717) is 4.43 Å². The Bertz CT molecular complexity index is 352. The zero-order valence-corrected chi connectivity index (χ0v) is 11.6. The maximum Gasteiger partial charge on any atom is 0.391 e. The van der Waals surface area contributed by atoms with Crippen molar-refractivity contribution in [3.63, 3.8) is 0 Å². The van der Waals surface area contributed by atoms with Crippen molar-refractivity contribution >= 4 is 22.6 Å². The lowest BCUT2D eigenvalue weighted by atomic mass is 10.1. The average Bonchev–Trinajstić information content (AvgIpc) is 2.23. The Morgan fingerprint density at radius 1 is 1.35 bits per heavy atom. The van der Waals surface area contributed by atoms with Crippen LogP contribution < -0.4 is 0 Å². The molecule has 0 saturated heterocycles. The van der Waals surface area contributed by atoms with Crippen LogP contribution in [0.5, 0.6) is 0 Å². The Labute approximate surface area is 112 Å². The smallest absolute Gasteiger partial charge is 0.372 e. The Morgan fingerprint density at radius 3 is 2.59 bits per heavy atom. The van der Waals surface area contributed by atoms with Crippen LogP contribution in [0.1, 0.15) is 23.7 Å². The molecule has 0 aliphatic heterocycles. The highest BCUT2D eigenvalue weighted by Crippen LogP contribution is 2.24. The number of halogens is 4. The fourth-order valence-corrected chi connectivity index (χ4v) is 2.18. The maximum atomic E-state index is 12.0. The summed E-state index contributed by atoms with van der Waals surface area (Å²) in [6.45, 7) is 1.66. The van der Waals surface area contributed by atoms with Gasteiger partial charge in [-0.25, -0.2) is 0 Å². The minimum atomic E-state index is -4.15. The number of benzene rings is 1. The zero-order valence-electron chi connectivity index (χ0n) is 9.43. The summed E-state index contributed by atoms with van der Waals surface area (Å²) >= 11 is 2.12. The molecule has 0 fully saturated rings. The number of alkyl halides is 4. The van der Waals surface area contributed by atoms with Gasteiger partial charge in [0.15, 0.2) is 0 Å². The van der Waals surface area contributed by atoms with Gasteiger partial charge in [-0.1, -0.05) is 52.4 Å². The molecule has 0 aliphatic carbocycles. The lowest BCUT2D eigenvalue weighted by Crippen LogP contribution is -2.14. The summed E-state index contributed by atoms with van der Waals surface area (Å²) < 4.78 is 41.9. The lowest BCUT2D eigenvalue weighted by Gasteiger charge is -2.17. The second-order valence-corrected chi connectivity index (χ2v) is 4.67. The summed E-state index contributed by atoms with van der Waals surface area (Å²) in [6.07, 6.45) is -5.31. The van der Waals surface area contributed by atoms with Gasteiger partial charge in [0, 0.05) is 4.43 Å². The van der Waals surface area contributed by atoms with Crippen LogP contribution in [-0.4, -0.2) is 17.2 Å². The van der Waals surface area contributed by atoms with Crippen molar-refractivity contribution in [3.05, 3.63) is 35.4 Å². The molecule has 0 bridgehead atoms. The third-order valence-corrected chi connectivity index (χ3v) is 3.06.